The van der Waals surface area contributed by atoms with Crippen LogP contribution >= 0.6 is 0 Å². The van der Waals surface area contributed by atoms with Crippen molar-refractivity contribution in [1.82, 2.24) is 14.5 Å². The fraction of sp³-hybridized carbons (Fsp3) is 0.250. The fourth-order valence-corrected chi connectivity index (χ4v) is 2.33. The van der Waals surface area contributed by atoms with Gasteiger partial charge in [-0.25, -0.2) is 9.37 Å². The maximum absolute atomic E-state index is 13.5. The Labute approximate surface area is 121 Å². The number of rotatable bonds is 3. The molecule has 0 radical (unpaired) electrons. The summed E-state index contributed by atoms with van der Waals surface area (Å²) in [6.07, 6.45) is 1.68. The number of hydrogen-bond acceptors (Lipinski definition) is 3. The van der Waals surface area contributed by atoms with Crippen molar-refractivity contribution in [3.8, 4) is 11.5 Å². The molecule has 0 bridgehead atoms. The minimum absolute atomic E-state index is 0.304. The maximum atomic E-state index is 13.5. The summed E-state index contributed by atoms with van der Waals surface area (Å²) in [5.41, 5.74) is 1.08. The zero-order valence-corrected chi connectivity index (χ0v) is 11.9. The molecule has 0 amide bonds. The molecule has 1 N–H and O–H groups in total. The van der Waals surface area contributed by atoms with Crippen molar-refractivity contribution in [2.75, 3.05) is 0 Å². The average molecular weight is 285 g/mol. The van der Waals surface area contributed by atoms with E-state index in [2.05, 4.69) is 9.97 Å². The van der Waals surface area contributed by atoms with E-state index >= 15 is 0 Å². The lowest BCUT2D eigenvalue weighted by molar-refractivity contribution is 0.0631. The van der Waals surface area contributed by atoms with Gasteiger partial charge >= 0.3 is 0 Å². The van der Waals surface area contributed by atoms with Crippen molar-refractivity contribution < 1.29 is 9.50 Å². The Balaban J connectivity index is 2.25. The van der Waals surface area contributed by atoms with E-state index in [1.165, 1.54) is 12.1 Å². The van der Waals surface area contributed by atoms with Gasteiger partial charge in [0.25, 0.3) is 0 Å². The number of pyridine rings is 1. The predicted octanol–water partition coefficient (Wildman–Crippen LogP) is 3.01. The van der Waals surface area contributed by atoms with Crippen LogP contribution in [0.3, 0.4) is 0 Å². The molecule has 0 spiro atoms. The van der Waals surface area contributed by atoms with E-state index in [1.54, 1.807) is 30.7 Å². The second-order valence-corrected chi connectivity index (χ2v) is 5.68. The molecule has 5 heteroatoms. The number of hydrogen-bond donors (Lipinski definition) is 1. The fourth-order valence-electron chi connectivity index (χ4n) is 2.33. The van der Waals surface area contributed by atoms with Gasteiger partial charge in [-0.2, -0.15) is 0 Å². The zero-order valence-electron chi connectivity index (χ0n) is 11.9. The first kappa shape index (κ1) is 13.7. The van der Waals surface area contributed by atoms with Gasteiger partial charge in [-0.1, -0.05) is 6.07 Å². The number of aromatic nitrogens is 3. The van der Waals surface area contributed by atoms with Gasteiger partial charge in [0.2, 0.25) is 0 Å². The molecule has 0 aliphatic carbocycles. The van der Waals surface area contributed by atoms with Crippen molar-refractivity contribution in [2.45, 2.75) is 26.0 Å². The predicted molar refractivity (Wildman–Crippen MR) is 79.2 cm³/mol. The Kier molecular flexibility index (Phi) is 3.22. The van der Waals surface area contributed by atoms with E-state index < -0.39 is 5.60 Å². The van der Waals surface area contributed by atoms with E-state index in [0.717, 1.165) is 0 Å². The number of benzene rings is 1. The molecule has 0 unspecified atom stereocenters. The third-order valence-corrected chi connectivity index (χ3v) is 3.15. The van der Waals surface area contributed by atoms with Crippen LogP contribution in [0.5, 0.6) is 0 Å². The summed E-state index contributed by atoms with van der Waals surface area (Å²) in [6.45, 7) is 3.72. The summed E-state index contributed by atoms with van der Waals surface area (Å²) in [4.78, 5) is 8.83. The van der Waals surface area contributed by atoms with Crippen LogP contribution in [0.2, 0.25) is 0 Å². The van der Waals surface area contributed by atoms with E-state index in [4.69, 9.17) is 0 Å². The van der Waals surface area contributed by atoms with Crippen LogP contribution < -0.4 is 0 Å². The third kappa shape index (κ3) is 2.78. The summed E-state index contributed by atoms with van der Waals surface area (Å²) in [5, 5.41) is 10.1. The Morgan fingerprint density at radius 2 is 2.05 bits per heavy atom. The minimum Gasteiger partial charge on any atom is -0.389 e. The first-order valence-electron chi connectivity index (χ1n) is 6.74. The molecule has 0 saturated carbocycles. The number of imidazole rings is 1. The van der Waals surface area contributed by atoms with E-state index in [-0.39, 0.29) is 5.82 Å². The highest BCUT2D eigenvalue weighted by Crippen LogP contribution is 2.26. The molecule has 0 fully saturated rings. The summed E-state index contributed by atoms with van der Waals surface area (Å²) in [5.74, 6) is 0.297. The largest absolute Gasteiger partial charge is 0.389 e. The molecular weight excluding hydrogens is 269 g/mol. The smallest absolute Gasteiger partial charge is 0.159 e. The maximum Gasteiger partial charge on any atom is 0.159 e. The number of halogens is 1. The van der Waals surface area contributed by atoms with Gasteiger partial charge in [0.15, 0.2) is 5.82 Å². The minimum atomic E-state index is -0.941. The Bertz CT molecular complexity index is 775. The van der Waals surface area contributed by atoms with Crippen LogP contribution in [0.15, 0.2) is 42.6 Å². The standard InChI is InChI=1S/C16H16FN3O/c1-16(2,21)10-20-14-9-11(17)6-7-12(14)19-15(20)13-5-3-4-8-18-13/h3-9,21H,10H2,1-2H3. The van der Waals surface area contributed by atoms with Crippen LogP contribution in [0.4, 0.5) is 4.39 Å². The summed E-state index contributed by atoms with van der Waals surface area (Å²) >= 11 is 0. The van der Waals surface area contributed by atoms with Gasteiger partial charge in [-0.15, -0.1) is 0 Å². The molecule has 0 saturated heterocycles. The van der Waals surface area contributed by atoms with Gasteiger partial charge in [0, 0.05) is 6.20 Å². The average Bonchev–Trinajstić information content (AvgIpc) is 2.76. The third-order valence-electron chi connectivity index (χ3n) is 3.15. The van der Waals surface area contributed by atoms with E-state index in [9.17, 15) is 9.50 Å². The lowest BCUT2D eigenvalue weighted by Crippen LogP contribution is -2.26. The van der Waals surface area contributed by atoms with Gasteiger partial charge in [0.1, 0.15) is 11.5 Å². The van der Waals surface area contributed by atoms with E-state index in [0.29, 0.717) is 29.1 Å². The second kappa shape index (κ2) is 4.93. The van der Waals surface area contributed by atoms with Gasteiger partial charge in [-0.05, 0) is 44.2 Å². The van der Waals surface area contributed by atoms with Crippen LogP contribution in [-0.4, -0.2) is 25.2 Å². The molecule has 21 heavy (non-hydrogen) atoms. The lowest BCUT2D eigenvalue weighted by atomic mass is 10.1. The summed E-state index contributed by atoms with van der Waals surface area (Å²) in [6, 6.07) is 9.99. The highest BCUT2D eigenvalue weighted by Gasteiger charge is 2.20. The Hall–Kier alpha value is -2.27. The Morgan fingerprint density at radius 3 is 2.71 bits per heavy atom. The molecule has 3 aromatic rings. The van der Waals surface area contributed by atoms with Crippen LogP contribution in [0, 0.1) is 5.82 Å². The molecule has 1 aromatic carbocycles. The second-order valence-electron chi connectivity index (χ2n) is 5.68. The van der Waals surface area contributed by atoms with Crippen molar-refractivity contribution in [3.63, 3.8) is 0 Å². The Morgan fingerprint density at radius 1 is 1.24 bits per heavy atom. The monoisotopic (exact) mass is 285 g/mol. The highest BCUT2D eigenvalue weighted by molar-refractivity contribution is 5.80. The molecule has 2 aromatic heterocycles. The van der Waals surface area contributed by atoms with Gasteiger partial charge in [-0.3, -0.25) is 4.98 Å². The van der Waals surface area contributed by atoms with Crippen molar-refractivity contribution in [3.05, 3.63) is 48.4 Å². The van der Waals surface area contributed by atoms with Crippen LogP contribution in [0.25, 0.3) is 22.6 Å². The normalized spacial score (nSPS) is 12.0. The van der Waals surface area contributed by atoms with Crippen LogP contribution in [0.1, 0.15) is 13.8 Å². The molecular formula is C16H16FN3O. The lowest BCUT2D eigenvalue weighted by Gasteiger charge is -2.20. The van der Waals surface area contributed by atoms with Crippen molar-refractivity contribution in [1.29, 1.82) is 0 Å². The van der Waals surface area contributed by atoms with Crippen molar-refractivity contribution in [2.24, 2.45) is 0 Å². The van der Waals surface area contributed by atoms with Crippen molar-refractivity contribution >= 4 is 11.0 Å². The van der Waals surface area contributed by atoms with Gasteiger partial charge in [0.05, 0.1) is 23.2 Å². The first-order chi connectivity index (χ1) is 9.94. The topological polar surface area (TPSA) is 50.9 Å². The van der Waals surface area contributed by atoms with Gasteiger partial charge < -0.3 is 9.67 Å². The molecule has 4 nitrogen and oxygen atoms in total. The van der Waals surface area contributed by atoms with E-state index in [1.807, 2.05) is 18.2 Å². The SMILES string of the molecule is CC(C)(O)Cn1c(-c2ccccn2)nc2ccc(F)cc21. The molecule has 0 aliphatic rings. The zero-order chi connectivity index (χ0) is 15.0. The number of fused-ring (bicyclic) bond motifs is 1. The molecule has 108 valence electrons. The first-order valence-corrected chi connectivity index (χ1v) is 6.74. The highest BCUT2D eigenvalue weighted by atomic mass is 19.1. The number of aliphatic hydroxyl groups is 1. The molecule has 3 rings (SSSR count). The molecule has 2 heterocycles. The number of nitrogens with zero attached hydrogens (tertiary/aromatic N) is 3. The summed E-state index contributed by atoms with van der Waals surface area (Å²) in [7, 11) is 0. The summed E-state index contributed by atoms with van der Waals surface area (Å²) < 4.78 is 15.3. The van der Waals surface area contributed by atoms with Crippen LogP contribution in [-0.2, 0) is 6.54 Å². The molecule has 0 atom stereocenters. The molecule has 0 aliphatic heterocycles. The quantitative estimate of drug-likeness (QED) is 0.804.